The number of hydrogen-bond donors (Lipinski definition) is 3. The molecular formula is C48H60N4O10. The summed E-state index contributed by atoms with van der Waals surface area (Å²) in [4.78, 5) is 66.5. The van der Waals surface area contributed by atoms with Crippen molar-refractivity contribution < 1.29 is 48.3 Å². The van der Waals surface area contributed by atoms with Crippen molar-refractivity contribution in [2.24, 2.45) is 11.3 Å². The molecule has 1 amide bonds. The van der Waals surface area contributed by atoms with E-state index < -0.39 is 63.5 Å². The standard InChI is InChI=1S/C48H60N4O10/c1-8-29-12-13-35-32(20-29)31-14-18-50-25-30(23-44(57,9-2)26-50)24-47(38(31)49-35,42(55)60-6)34-21-33-36(22-37(34)59-5)52(27-53)40-46(33)16-19-51-17-11-15-45(10-3,39(46)51)41(62-28(4)54)48(40,58)43(56)61-7/h11-13,15,20-22,27,30,39-41,49,57-58H,8-10,14,16-19,23-26H2,1-7H3/t30-,39+,40-,41-,44+,45-,46-,47+,48+/m1/s1. The van der Waals surface area contributed by atoms with Crippen molar-refractivity contribution in [1.82, 2.24) is 14.8 Å². The molecule has 62 heavy (non-hydrogen) atoms. The zero-order valence-corrected chi connectivity index (χ0v) is 36.9. The molecule has 3 N–H and O–H groups in total. The summed E-state index contributed by atoms with van der Waals surface area (Å²) in [5.74, 6) is -2.06. The third-order valence-electron chi connectivity index (χ3n) is 16.1. The molecule has 9 rings (SSSR count). The van der Waals surface area contributed by atoms with Crippen LogP contribution in [-0.4, -0.2) is 133 Å². The lowest BCUT2D eigenvalue weighted by molar-refractivity contribution is -0.228. The van der Waals surface area contributed by atoms with Crippen LogP contribution in [0.2, 0.25) is 0 Å². The molecule has 1 saturated carbocycles. The Morgan fingerprint density at radius 2 is 1.73 bits per heavy atom. The fourth-order valence-electron chi connectivity index (χ4n) is 13.7. The summed E-state index contributed by atoms with van der Waals surface area (Å²) in [5.41, 5.74) is -1.96. The highest BCUT2D eigenvalue weighted by Crippen LogP contribution is 2.68. The number of aliphatic hydroxyl groups is 2. The molecule has 10 atom stereocenters. The quantitative estimate of drug-likeness (QED) is 0.122. The lowest BCUT2D eigenvalue weighted by atomic mass is 9.47. The highest BCUT2D eigenvalue weighted by Gasteiger charge is 2.81. The number of aromatic amines is 1. The summed E-state index contributed by atoms with van der Waals surface area (Å²) in [5, 5.41) is 26.4. The van der Waals surface area contributed by atoms with Gasteiger partial charge in [0, 0.05) is 78.2 Å². The molecule has 3 fully saturated rings. The summed E-state index contributed by atoms with van der Waals surface area (Å²) < 4.78 is 23.8. The fourth-order valence-corrected chi connectivity index (χ4v) is 13.7. The third kappa shape index (κ3) is 5.54. The van der Waals surface area contributed by atoms with E-state index in [1.54, 1.807) is 6.07 Å². The van der Waals surface area contributed by atoms with Crippen LogP contribution < -0.4 is 9.64 Å². The zero-order chi connectivity index (χ0) is 44.1. The number of aromatic nitrogens is 1. The van der Waals surface area contributed by atoms with Crippen LogP contribution in [0.15, 0.2) is 42.5 Å². The first-order chi connectivity index (χ1) is 29.7. The topological polar surface area (TPSA) is 171 Å². The maximum absolute atomic E-state index is 15.4. The van der Waals surface area contributed by atoms with E-state index in [0.29, 0.717) is 99.5 Å². The van der Waals surface area contributed by atoms with E-state index in [2.05, 4.69) is 39.9 Å². The summed E-state index contributed by atoms with van der Waals surface area (Å²) in [7, 11) is 4.11. The van der Waals surface area contributed by atoms with Gasteiger partial charge in [-0.3, -0.25) is 24.2 Å². The van der Waals surface area contributed by atoms with Gasteiger partial charge < -0.3 is 39.0 Å². The summed E-state index contributed by atoms with van der Waals surface area (Å²) in [6, 6.07) is 8.35. The van der Waals surface area contributed by atoms with E-state index in [1.165, 1.54) is 33.2 Å². The fraction of sp³-hybridized carbons (Fsp3) is 0.583. The molecule has 1 aliphatic carbocycles. The Bertz CT molecular complexity index is 2380. The van der Waals surface area contributed by atoms with Crippen LogP contribution in [0.1, 0.15) is 87.7 Å². The minimum Gasteiger partial charge on any atom is -0.496 e. The Kier molecular flexibility index (Phi) is 10.2. The van der Waals surface area contributed by atoms with Crippen molar-refractivity contribution in [1.29, 1.82) is 0 Å². The Morgan fingerprint density at radius 1 is 0.952 bits per heavy atom. The van der Waals surface area contributed by atoms with Crippen LogP contribution in [0.4, 0.5) is 5.69 Å². The Labute approximate surface area is 362 Å². The van der Waals surface area contributed by atoms with Crippen molar-refractivity contribution in [3.05, 3.63) is 70.4 Å². The van der Waals surface area contributed by atoms with Crippen LogP contribution in [0.25, 0.3) is 10.9 Å². The predicted octanol–water partition coefficient (Wildman–Crippen LogP) is 4.08. The van der Waals surface area contributed by atoms with Crippen molar-refractivity contribution in [3.63, 3.8) is 0 Å². The molecule has 5 aliphatic heterocycles. The SMILES string of the molecule is CCc1ccc2[nH]c3c(c2c1)CCN1C[C@H](C[C@@](O)(CC)C1)C[C@]3(C(=O)OC)c1cc2c(cc1OC)N(C=O)[C@H]1[C@@](O)(C(=O)OC)[C@H](OC(C)=O)[C@]3(CC)C=CCN4CC[C@]21[C@@H]43. The molecule has 2 bridgehead atoms. The van der Waals surface area contributed by atoms with Crippen LogP contribution >= 0.6 is 0 Å². The molecule has 2 aromatic carbocycles. The Hall–Kier alpha value is -4.76. The molecule has 14 nitrogen and oxygen atoms in total. The summed E-state index contributed by atoms with van der Waals surface area (Å²) >= 11 is 0. The van der Waals surface area contributed by atoms with E-state index in [-0.39, 0.29) is 12.3 Å². The number of ether oxygens (including phenoxy) is 4. The average molecular weight is 853 g/mol. The molecule has 332 valence electrons. The number of methoxy groups -OCH3 is 3. The second-order valence-electron chi connectivity index (χ2n) is 18.8. The lowest BCUT2D eigenvalue weighted by Gasteiger charge is -2.63. The van der Waals surface area contributed by atoms with Gasteiger partial charge in [0.15, 0.2) is 6.10 Å². The first-order valence-corrected chi connectivity index (χ1v) is 22.2. The molecule has 3 aromatic rings. The number of piperidine rings is 1. The van der Waals surface area contributed by atoms with Crippen molar-refractivity contribution in [3.8, 4) is 5.75 Å². The van der Waals surface area contributed by atoms with Crippen molar-refractivity contribution >= 4 is 40.9 Å². The van der Waals surface area contributed by atoms with Crippen LogP contribution in [-0.2, 0) is 57.1 Å². The van der Waals surface area contributed by atoms with E-state index in [9.17, 15) is 24.6 Å². The van der Waals surface area contributed by atoms with Crippen molar-refractivity contribution in [2.45, 2.75) is 113 Å². The maximum atomic E-state index is 15.4. The molecule has 6 heterocycles. The molecule has 1 spiro atoms. The van der Waals surface area contributed by atoms with E-state index in [1.807, 2.05) is 32.1 Å². The number of nitrogens with one attached hydrogen (secondary N) is 1. The minimum atomic E-state index is -2.53. The second-order valence-corrected chi connectivity index (χ2v) is 18.8. The van der Waals surface area contributed by atoms with Gasteiger partial charge in [-0.2, -0.15) is 0 Å². The number of anilines is 1. The highest BCUT2D eigenvalue weighted by atomic mass is 16.6. The normalized spacial score (nSPS) is 35.7. The number of esters is 3. The number of carbonyl (C=O) groups excluding carboxylic acids is 4. The average Bonchev–Trinajstić information content (AvgIpc) is 3.95. The molecular weight excluding hydrogens is 793 g/mol. The van der Waals surface area contributed by atoms with Gasteiger partial charge in [-0.05, 0) is 92.3 Å². The molecule has 0 radical (unpaired) electrons. The lowest BCUT2D eigenvalue weighted by Crippen LogP contribution is -2.81. The van der Waals surface area contributed by atoms with Gasteiger partial charge in [0.05, 0.1) is 38.7 Å². The Morgan fingerprint density at radius 3 is 2.39 bits per heavy atom. The van der Waals surface area contributed by atoms with E-state index in [0.717, 1.165) is 28.5 Å². The van der Waals surface area contributed by atoms with Gasteiger partial charge in [0.25, 0.3) is 0 Å². The number of H-pyrrole nitrogens is 1. The smallest absolute Gasteiger partial charge is 0.344 e. The minimum absolute atomic E-state index is 0.159. The monoisotopic (exact) mass is 852 g/mol. The van der Waals surface area contributed by atoms with Crippen LogP contribution in [0.3, 0.4) is 0 Å². The summed E-state index contributed by atoms with van der Waals surface area (Å²) in [6.07, 6.45) is 6.68. The third-order valence-corrected chi connectivity index (χ3v) is 16.1. The van der Waals surface area contributed by atoms with Crippen LogP contribution in [0, 0.1) is 11.3 Å². The van der Waals surface area contributed by atoms with Gasteiger partial charge in [-0.15, -0.1) is 0 Å². The number of fused-ring (bicyclic) bond motifs is 6. The zero-order valence-electron chi connectivity index (χ0n) is 36.9. The number of nitrogens with zero attached hydrogens (tertiary/aromatic N) is 3. The number of carbonyl (C=O) groups is 4. The molecule has 1 aromatic heterocycles. The first-order valence-electron chi connectivity index (χ1n) is 22.2. The maximum Gasteiger partial charge on any atom is 0.344 e. The Balaban J connectivity index is 1.38. The number of rotatable bonds is 9. The molecule has 1 unspecified atom stereocenters. The number of hydrogen-bond acceptors (Lipinski definition) is 12. The molecule has 14 heteroatoms. The molecule has 6 aliphatic rings. The van der Waals surface area contributed by atoms with Gasteiger partial charge in [-0.1, -0.05) is 39.0 Å². The summed E-state index contributed by atoms with van der Waals surface area (Å²) in [6.45, 7) is 10.3. The van der Waals surface area contributed by atoms with E-state index in [4.69, 9.17) is 18.9 Å². The van der Waals surface area contributed by atoms with Gasteiger partial charge in [-0.25, -0.2) is 4.79 Å². The number of amides is 1. The predicted molar refractivity (Wildman–Crippen MR) is 230 cm³/mol. The first kappa shape index (κ1) is 42.5. The van der Waals surface area contributed by atoms with E-state index >= 15 is 4.79 Å². The highest BCUT2D eigenvalue weighted by molar-refractivity contribution is 5.96. The molecule has 2 saturated heterocycles. The van der Waals surface area contributed by atoms with Gasteiger partial charge >= 0.3 is 17.9 Å². The van der Waals surface area contributed by atoms with Crippen LogP contribution in [0.5, 0.6) is 5.75 Å². The van der Waals surface area contributed by atoms with Gasteiger partial charge in [0.1, 0.15) is 11.2 Å². The second kappa shape index (κ2) is 14.9. The number of benzene rings is 2. The van der Waals surface area contributed by atoms with Gasteiger partial charge in [0.2, 0.25) is 12.0 Å². The van der Waals surface area contributed by atoms with Crippen molar-refractivity contribution in [2.75, 3.05) is 59.0 Å². The largest absolute Gasteiger partial charge is 0.496 e. The number of aryl methyl sites for hydroxylation is 1.